The van der Waals surface area contributed by atoms with E-state index in [9.17, 15) is 22.4 Å². The number of methoxy groups -OCH3 is 1. The maximum absolute atomic E-state index is 13.8. The van der Waals surface area contributed by atoms with Gasteiger partial charge in [-0.1, -0.05) is 6.07 Å². The lowest BCUT2D eigenvalue weighted by Crippen LogP contribution is -2.15. The molecule has 7 heteroatoms. The van der Waals surface area contributed by atoms with Crippen LogP contribution in [-0.2, 0) is 6.18 Å². The third-order valence-electron chi connectivity index (χ3n) is 3.22. The summed E-state index contributed by atoms with van der Waals surface area (Å²) >= 11 is 0. The fourth-order valence-corrected chi connectivity index (χ4v) is 2.01. The fourth-order valence-electron chi connectivity index (χ4n) is 2.01. The molecule has 0 saturated carbocycles. The van der Waals surface area contributed by atoms with Gasteiger partial charge in [0, 0.05) is 11.8 Å². The molecule has 0 heterocycles. The molecule has 2 rings (SSSR count). The molecule has 0 aromatic heterocycles. The van der Waals surface area contributed by atoms with E-state index in [0.29, 0.717) is 0 Å². The molecule has 0 bridgehead atoms. The Morgan fingerprint density at radius 3 is 2.39 bits per heavy atom. The molecule has 0 atom stereocenters. The molecule has 0 fully saturated rings. The molecule has 0 radical (unpaired) electrons. The first-order valence-corrected chi connectivity index (χ1v) is 6.55. The van der Waals surface area contributed by atoms with Gasteiger partial charge in [-0.2, -0.15) is 13.2 Å². The highest BCUT2D eigenvalue weighted by Gasteiger charge is 2.32. The van der Waals surface area contributed by atoms with E-state index in [1.807, 2.05) is 0 Å². The van der Waals surface area contributed by atoms with Crippen LogP contribution in [0.15, 0.2) is 36.4 Å². The van der Waals surface area contributed by atoms with Crippen LogP contribution >= 0.6 is 0 Å². The van der Waals surface area contributed by atoms with E-state index in [4.69, 9.17) is 4.74 Å². The van der Waals surface area contributed by atoms with Crippen molar-refractivity contribution >= 4 is 11.6 Å². The van der Waals surface area contributed by atoms with Gasteiger partial charge in [0.2, 0.25) is 0 Å². The van der Waals surface area contributed by atoms with Crippen LogP contribution in [0.1, 0.15) is 21.5 Å². The summed E-state index contributed by atoms with van der Waals surface area (Å²) in [6, 6.07) is 6.98. The van der Waals surface area contributed by atoms with Gasteiger partial charge >= 0.3 is 6.18 Å². The van der Waals surface area contributed by atoms with E-state index in [-0.39, 0.29) is 22.6 Å². The number of carbonyl (C=O) groups excluding carboxylic acids is 1. The molecule has 23 heavy (non-hydrogen) atoms. The number of benzene rings is 2. The number of amides is 1. The standard InChI is InChI=1S/C16H13F4NO2/c1-9-3-4-10(7-13(9)16(18,19)20)21-15(22)12-6-5-11(23-2)8-14(12)17/h3-8H,1-2H3,(H,21,22). The Bertz CT molecular complexity index is 741. The van der Waals surface area contributed by atoms with Crippen LogP contribution in [0, 0.1) is 12.7 Å². The van der Waals surface area contributed by atoms with Gasteiger partial charge < -0.3 is 10.1 Å². The molecule has 0 spiro atoms. The maximum Gasteiger partial charge on any atom is 0.416 e. The molecule has 1 N–H and O–H groups in total. The summed E-state index contributed by atoms with van der Waals surface area (Å²) in [6.45, 7) is 1.32. The number of rotatable bonds is 3. The zero-order valence-electron chi connectivity index (χ0n) is 12.3. The van der Waals surface area contributed by atoms with Gasteiger partial charge in [0.05, 0.1) is 18.2 Å². The number of carbonyl (C=O) groups is 1. The van der Waals surface area contributed by atoms with Crippen molar-refractivity contribution in [1.82, 2.24) is 0 Å². The van der Waals surface area contributed by atoms with Crippen molar-refractivity contribution in [2.75, 3.05) is 12.4 Å². The summed E-state index contributed by atoms with van der Waals surface area (Å²) in [7, 11) is 1.35. The lowest BCUT2D eigenvalue weighted by molar-refractivity contribution is -0.138. The van der Waals surface area contributed by atoms with Crippen LogP contribution in [-0.4, -0.2) is 13.0 Å². The molecule has 122 valence electrons. The van der Waals surface area contributed by atoms with Crippen molar-refractivity contribution < 1.29 is 27.1 Å². The highest BCUT2D eigenvalue weighted by molar-refractivity contribution is 6.04. The zero-order chi connectivity index (χ0) is 17.2. The summed E-state index contributed by atoms with van der Waals surface area (Å²) in [5.74, 6) is -1.44. The van der Waals surface area contributed by atoms with E-state index in [1.54, 1.807) is 0 Å². The highest BCUT2D eigenvalue weighted by atomic mass is 19.4. The van der Waals surface area contributed by atoms with Crippen molar-refractivity contribution in [3.8, 4) is 5.75 Å². The van der Waals surface area contributed by atoms with Crippen LogP contribution in [0.25, 0.3) is 0 Å². The number of hydrogen-bond donors (Lipinski definition) is 1. The quantitative estimate of drug-likeness (QED) is 0.848. The number of nitrogens with one attached hydrogen (secondary N) is 1. The lowest BCUT2D eigenvalue weighted by Gasteiger charge is -2.13. The second kappa shape index (κ2) is 6.28. The third-order valence-corrected chi connectivity index (χ3v) is 3.22. The van der Waals surface area contributed by atoms with Gasteiger partial charge in [0.25, 0.3) is 5.91 Å². The van der Waals surface area contributed by atoms with E-state index in [0.717, 1.165) is 12.1 Å². The molecular formula is C16H13F4NO2. The van der Waals surface area contributed by atoms with Gasteiger partial charge in [-0.3, -0.25) is 4.79 Å². The van der Waals surface area contributed by atoms with Crippen LogP contribution in [0.5, 0.6) is 5.75 Å². The first-order chi connectivity index (χ1) is 10.7. The van der Waals surface area contributed by atoms with Crippen molar-refractivity contribution in [3.63, 3.8) is 0 Å². The number of anilines is 1. The zero-order valence-corrected chi connectivity index (χ0v) is 12.3. The SMILES string of the molecule is COc1ccc(C(=O)Nc2ccc(C)c(C(F)(F)F)c2)c(F)c1. The van der Waals surface area contributed by atoms with E-state index < -0.39 is 23.5 Å². The molecule has 0 unspecified atom stereocenters. The molecule has 0 aliphatic heterocycles. The predicted octanol–water partition coefficient (Wildman–Crippen LogP) is 4.41. The van der Waals surface area contributed by atoms with Gasteiger partial charge in [-0.25, -0.2) is 4.39 Å². The van der Waals surface area contributed by atoms with E-state index in [1.165, 1.54) is 38.3 Å². The monoisotopic (exact) mass is 327 g/mol. The Labute approximate surface area is 129 Å². The average molecular weight is 327 g/mol. The van der Waals surface area contributed by atoms with Crippen molar-refractivity contribution in [2.45, 2.75) is 13.1 Å². The summed E-state index contributed by atoms with van der Waals surface area (Å²) in [4.78, 5) is 12.0. The minimum Gasteiger partial charge on any atom is -0.497 e. The predicted molar refractivity (Wildman–Crippen MR) is 77.1 cm³/mol. The van der Waals surface area contributed by atoms with E-state index >= 15 is 0 Å². The Morgan fingerprint density at radius 1 is 1.13 bits per heavy atom. The van der Waals surface area contributed by atoms with Gasteiger partial charge in [0.15, 0.2) is 0 Å². The Kier molecular flexibility index (Phi) is 4.58. The van der Waals surface area contributed by atoms with Crippen LogP contribution < -0.4 is 10.1 Å². The molecule has 0 aliphatic rings. The molecule has 0 saturated heterocycles. The number of halogens is 4. The van der Waals surface area contributed by atoms with Gasteiger partial charge in [-0.15, -0.1) is 0 Å². The number of ether oxygens (including phenoxy) is 1. The lowest BCUT2D eigenvalue weighted by atomic mass is 10.1. The fraction of sp³-hybridized carbons (Fsp3) is 0.188. The van der Waals surface area contributed by atoms with Crippen molar-refractivity contribution in [3.05, 3.63) is 58.9 Å². The second-order valence-electron chi connectivity index (χ2n) is 4.83. The molecule has 2 aromatic carbocycles. The molecule has 3 nitrogen and oxygen atoms in total. The van der Waals surface area contributed by atoms with Crippen LogP contribution in [0.4, 0.5) is 23.2 Å². The minimum atomic E-state index is -4.53. The highest BCUT2D eigenvalue weighted by Crippen LogP contribution is 2.33. The number of hydrogen-bond acceptors (Lipinski definition) is 2. The van der Waals surface area contributed by atoms with Gasteiger partial charge in [0.1, 0.15) is 11.6 Å². The Hall–Kier alpha value is -2.57. The smallest absolute Gasteiger partial charge is 0.416 e. The summed E-state index contributed by atoms with van der Waals surface area (Å²) in [5, 5.41) is 2.26. The van der Waals surface area contributed by atoms with Crippen LogP contribution in [0.3, 0.4) is 0 Å². The molecule has 2 aromatic rings. The maximum atomic E-state index is 13.8. The van der Waals surface area contributed by atoms with Crippen molar-refractivity contribution in [1.29, 1.82) is 0 Å². The molecule has 1 amide bonds. The third kappa shape index (κ3) is 3.80. The largest absolute Gasteiger partial charge is 0.497 e. The topological polar surface area (TPSA) is 38.3 Å². The second-order valence-corrected chi connectivity index (χ2v) is 4.83. The Balaban J connectivity index is 2.27. The number of alkyl halides is 3. The van der Waals surface area contributed by atoms with E-state index in [2.05, 4.69) is 5.32 Å². The van der Waals surface area contributed by atoms with Crippen molar-refractivity contribution in [2.24, 2.45) is 0 Å². The first kappa shape index (κ1) is 16.8. The molecular weight excluding hydrogens is 314 g/mol. The summed E-state index contributed by atoms with van der Waals surface area (Å²) < 4.78 is 57.2. The first-order valence-electron chi connectivity index (χ1n) is 6.55. The summed E-state index contributed by atoms with van der Waals surface area (Å²) in [6.07, 6.45) is -4.53. The normalized spacial score (nSPS) is 11.2. The van der Waals surface area contributed by atoms with Gasteiger partial charge in [-0.05, 0) is 36.8 Å². The summed E-state index contributed by atoms with van der Waals surface area (Å²) in [5.41, 5.74) is -1.18. The number of aryl methyl sites for hydroxylation is 1. The molecule has 0 aliphatic carbocycles. The minimum absolute atomic E-state index is 0.0335. The Morgan fingerprint density at radius 2 is 1.83 bits per heavy atom. The van der Waals surface area contributed by atoms with Crippen LogP contribution in [0.2, 0.25) is 0 Å². The average Bonchev–Trinajstić information content (AvgIpc) is 2.47.